The molecule has 1 aromatic rings. The Hall–Kier alpha value is -1.91. The number of carbonyl (C=O) groups is 1. The van der Waals surface area contributed by atoms with Gasteiger partial charge >= 0.3 is 5.97 Å². The van der Waals surface area contributed by atoms with Crippen molar-refractivity contribution in [3.63, 3.8) is 0 Å². The van der Waals surface area contributed by atoms with Gasteiger partial charge in [0.15, 0.2) is 0 Å². The summed E-state index contributed by atoms with van der Waals surface area (Å²) in [4.78, 5) is 17.9. The first-order valence-electron chi connectivity index (χ1n) is 3.58. The van der Waals surface area contributed by atoms with Crippen molar-refractivity contribution >= 4 is 18.0 Å². The van der Waals surface area contributed by atoms with Crippen LogP contribution in [0.5, 0.6) is 0 Å². The van der Waals surface area contributed by atoms with E-state index in [0.29, 0.717) is 5.56 Å². The van der Waals surface area contributed by atoms with Gasteiger partial charge in [-0.2, -0.15) is 0 Å². The number of carboxylic acids is 1. The van der Waals surface area contributed by atoms with E-state index in [-0.39, 0.29) is 11.5 Å². The second-order valence-corrected chi connectivity index (χ2v) is 2.51. The summed E-state index contributed by atoms with van der Waals surface area (Å²) in [6.07, 6.45) is 4.41. The molecule has 0 fully saturated rings. The minimum atomic E-state index is -0.961. The zero-order chi connectivity index (χ0) is 9.84. The number of rotatable bonds is 2. The van der Waals surface area contributed by atoms with Crippen LogP contribution in [0.1, 0.15) is 12.5 Å². The highest BCUT2D eigenvalue weighted by molar-refractivity contribution is 5.91. The van der Waals surface area contributed by atoms with Crippen LogP contribution in [0.15, 0.2) is 18.0 Å². The summed E-state index contributed by atoms with van der Waals surface area (Å²) in [6.45, 7) is 1.50. The van der Waals surface area contributed by atoms with Crippen LogP contribution >= 0.6 is 0 Å². The summed E-state index contributed by atoms with van der Waals surface area (Å²) in [5, 5.41) is 8.56. The molecule has 0 radical (unpaired) electrons. The summed E-state index contributed by atoms with van der Waals surface area (Å²) in [5.41, 5.74) is 6.11. The Bertz CT molecular complexity index is 343. The molecule has 5 nitrogen and oxygen atoms in total. The van der Waals surface area contributed by atoms with E-state index >= 15 is 0 Å². The first-order valence-corrected chi connectivity index (χ1v) is 3.58. The molecule has 0 bridgehead atoms. The quantitative estimate of drug-likeness (QED) is 0.647. The lowest BCUT2D eigenvalue weighted by Gasteiger charge is -1.94. The van der Waals surface area contributed by atoms with E-state index in [1.165, 1.54) is 25.4 Å². The molecule has 68 valence electrons. The van der Waals surface area contributed by atoms with Crippen LogP contribution in [0.25, 0.3) is 6.08 Å². The second-order valence-electron chi connectivity index (χ2n) is 2.51. The monoisotopic (exact) mass is 179 g/mol. The molecule has 0 spiro atoms. The van der Waals surface area contributed by atoms with Crippen molar-refractivity contribution in [3.8, 4) is 0 Å². The molecule has 1 aromatic heterocycles. The summed E-state index contributed by atoms with van der Waals surface area (Å²) in [5.74, 6) is -0.790. The summed E-state index contributed by atoms with van der Waals surface area (Å²) < 4.78 is 0. The molecule has 0 aromatic carbocycles. The Kier molecular flexibility index (Phi) is 2.59. The number of aliphatic carboxylic acids is 1. The number of aromatic nitrogens is 2. The van der Waals surface area contributed by atoms with Crippen molar-refractivity contribution in [1.82, 2.24) is 9.97 Å². The Morgan fingerprint density at radius 3 is 2.54 bits per heavy atom. The van der Waals surface area contributed by atoms with Crippen molar-refractivity contribution in [2.75, 3.05) is 5.73 Å². The van der Waals surface area contributed by atoms with Crippen LogP contribution in [0, 0.1) is 0 Å². The number of nitrogens with two attached hydrogens (primary N) is 1. The fraction of sp³-hybridized carbons (Fsp3) is 0.125. The molecule has 0 saturated heterocycles. The fourth-order valence-corrected chi connectivity index (χ4v) is 0.734. The van der Waals surface area contributed by atoms with Crippen LogP contribution in [-0.4, -0.2) is 21.0 Å². The molecule has 1 rings (SSSR count). The Morgan fingerprint density at radius 2 is 2.08 bits per heavy atom. The van der Waals surface area contributed by atoms with Gasteiger partial charge in [-0.25, -0.2) is 14.8 Å². The Morgan fingerprint density at radius 1 is 1.54 bits per heavy atom. The summed E-state index contributed by atoms with van der Waals surface area (Å²) in [7, 11) is 0. The molecule has 3 N–H and O–H groups in total. The smallest absolute Gasteiger partial charge is 0.331 e. The largest absolute Gasteiger partial charge is 0.478 e. The molecule has 1 heterocycles. The zero-order valence-electron chi connectivity index (χ0n) is 7.06. The van der Waals surface area contributed by atoms with Crippen LogP contribution in [0.2, 0.25) is 0 Å². The topological polar surface area (TPSA) is 89.1 Å². The number of anilines is 1. The number of nitrogen functional groups attached to an aromatic ring is 1. The van der Waals surface area contributed by atoms with Gasteiger partial charge in [-0.1, -0.05) is 0 Å². The van der Waals surface area contributed by atoms with Gasteiger partial charge in [0, 0.05) is 23.5 Å². The van der Waals surface area contributed by atoms with Crippen molar-refractivity contribution in [1.29, 1.82) is 0 Å². The Labute approximate surface area is 74.9 Å². The molecular weight excluding hydrogens is 170 g/mol. The standard InChI is InChI=1S/C8H9N3O2/c1-5(7(12)13)2-6-3-10-8(9)11-4-6/h2-4H,1H3,(H,12,13)(H2,9,10,11)/b5-2+. The van der Waals surface area contributed by atoms with Gasteiger partial charge in [0.1, 0.15) is 0 Å². The minimum Gasteiger partial charge on any atom is -0.478 e. The van der Waals surface area contributed by atoms with E-state index in [4.69, 9.17) is 10.8 Å². The van der Waals surface area contributed by atoms with E-state index in [1.54, 1.807) is 0 Å². The number of carboxylic acid groups (broad SMARTS) is 1. The highest BCUT2D eigenvalue weighted by Gasteiger charge is 1.99. The van der Waals surface area contributed by atoms with E-state index in [9.17, 15) is 4.79 Å². The minimum absolute atomic E-state index is 0.171. The number of nitrogens with zero attached hydrogens (tertiary/aromatic N) is 2. The molecule has 0 amide bonds. The maximum atomic E-state index is 10.4. The predicted molar refractivity (Wildman–Crippen MR) is 47.7 cm³/mol. The Balaban J connectivity index is 2.92. The van der Waals surface area contributed by atoms with Crippen LogP contribution < -0.4 is 5.73 Å². The first kappa shape index (κ1) is 9.18. The normalized spacial score (nSPS) is 11.3. The van der Waals surface area contributed by atoms with Gasteiger partial charge in [0.2, 0.25) is 5.95 Å². The highest BCUT2D eigenvalue weighted by atomic mass is 16.4. The fourth-order valence-electron chi connectivity index (χ4n) is 0.734. The second kappa shape index (κ2) is 3.66. The van der Waals surface area contributed by atoms with Gasteiger partial charge in [-0.3, -0.25) is 0 Å². The predicted octanol–water partition coefficient (Wildman–Crippen LogP) is 0.547. The van der Waals surface area contributed by atoms with Gasteiger partial charge in [0.05, 0.1) is 0 Å². The van der Waals surface area contributed by atoms with Crippen LogP contribution in [-0.2, 0) is 4.79 Å². The zero-order valence-corrected chi connectivity index (χ0v) is 7.06. The molecule has 0 aliphatic carbocycles. The van der Waals surface area contributed by atoms with E-state index < -0.39 is 5.97 Å². The van der Waals surface area contributed by atoms with Crippen molar-refractivity contribution < 1.29 is 9.90 Å². The third-order valence-corrected chi connectivity index (χ3v) is 1.41. The summed E-state index contributed by atoms with van der Waals surface area (Å²) in [6, 6.07) is 0. The molecule has 0 aliphatic heterocycles. The molecule has 0 atom stereocenters. The third-order valence-electron chi connectivity index (χ3n) is 1.41. The molecular formula is C8H9N3O2. The average molecular weight is 179 g/mol. The van der Waals surface area contributed by atoms with Crippen molar-refractivity contribution in [2.45, 2.75) is 6.92 Å². The maximum Gasteiger partial charge on any atom is 0.331 e. The van der Waals surface area contributed by atoms with E-state index in [0.717, 1.165) is 0 Å². The van der Waals surface area contributed by atoms with Gasteiger partial charge in [-0.15, -0.1) is 0 Å². The molecule has 0 aliphatic rings. The van der Waals surface area contributed by atoms with Crippen LogP contribution in [0.4, 0.5) is 5.95 Å². The van der Waals surface area contributed by atoms with E-state index in [1.807, 2.05) is 0 Å². The lowest BCUT2D eigenvalue weighted by atomic mass is 10.2. The molecule has 5 heteroatoms. The lowest BCUT2D eigenvalue weighted by molar-refractivity contribution is -0.132. The number of hydrogen-bond acceptors (Lipinski definition) is 4. The molecule has 0 unspecified atom stereocenters. The van der Waals surface area contributed by atoms with Gasteiger partial charge in [-0.05, 0) is 13.0 Å². The van der Waals surface area contributed by atoms with Gasteiger partial charge in [0.25, 0.3) is 0 Å². The highest BCUT2D eigenvalue weighted by Crippen LogP contribution is 2.04. The SMILES string of the molecule is C/C(=C\c1cnc(N)nc1)C(=O)O. The van der Waals surface area contributed by atoms with Crippen LogP contribution in [0.3, 0.4) is 0 Å². The van der Waals surface area contributed by atoms with Crippen molar-refractivity contribution in [3.05, 3.63) is 23.5 Å². The summed E-state index contributed by atoms with van der Waals surface area (Å²) >= 11 is 0. The molecule has 13 heavy (non-hydrogen) atoms. The van der Waals surface area contributed by atoms with E-state index in [2.05, 4.69) is 9.97 Å². The molecule has 0 saturated carbocycles. The average Bonchev–Trinajstić information content (AvgIpc) is 2.08. The lowest BCUT2D eigenvalue weighted by Crippen LogP contribution is -1.97. The van der Waals surface area contributed by atoms with Gasteiger partial charge < -0.3 is 10.8 Å². The first-order chi connectivity index (χ1) is 6.09. The number of hydrogen-bond donors (Lipinski definition) is 2. The third kappa shape index (κ3) is 2.55. The maximum absolute atomic E-state index is 10.4. The van der Waals surface area contributed by atoms with Crippen molar-refractivity contribution in [2.24, 2.45) is 0 Å².